The van der Waals surface area contributed by atoms with Crippen LogP contribution < -0.4 is 10.5 Å². The Morgan fingerprint density at radius 3 is 2.56 bits per heavy atom. The Morgan fingerprint density at radius 2 is 2.06 bits per heavy atom. The predicted octanol–water partition coefficient (Wildman–Crippen LogP) is 2.77. The third-order valence-corrected chi connectivity index (χ3v) is 4.04. The van der Waals surface area contributed by atoms with Gasteiger partial charge in [-0.3, -0.25) is 4.79 Å². The molecule has 1 saturated carbocycles. The Labute approximate surface area is 108 Å². The average Bonchev–Trinajstić information content (AvgIpc) is 2.30. The predicted molar refractivity (Wildman–Crippen MR) is 72.2 cm³/mol. The van der Waals surface area contributed by atoms with Gasteiger partial charge in [-0.25, -0.2) is 0 Å². The number of aryl methyl sites for hydroxylation is 1. The smallest absolute Gasteiger partial charge is 0.168 e. The first kappa shape index (κ1) is 13.1. The summed E-state index contributed by atoms with van der Waals surface area (Å²) in [4.78, 5) is 12.3. The van der Waals surface area contributed by atoms with Gasteiger partial charge in [0.1, 0.15) is 5.75 Å². The summed E-state index contributed by atoms with van der Waals surface area (Å²) in [7, 11) is 1.61. The first-order valence-electron chi connectivity index (χ1n) is 6.43. The molecule has 1 aromatic rings. The number of hydrogen-bond acceptors (Lipinski definition) is 3. The van der Waals surface area contributed by atoms with Crippen LogP contribution in [0.15, 0.2) is 12.1 Å². The minimum Gasteiger partial charge on any atom is -0.496 e. The maximum atomic E-state index is 12.3. The summed E-state index contributed by atoms with van der Waals surface area (Å²) in [6, 6.07) is 3.82. The van der Waals surface area contributed by atoms with Crippen LogP contribution in [0.3, 0.4) is 0 Å². The summed E-state index contributed by atoms with van der Waals surface area (Å²) in [5.74, 6) is 0.792. The molecule has 1 aliphatic carbocycles. The minimum absolute atomic E-state index is 0.0946. The molecule has 1 fully saturated rings. The number of ketones is 1. The molecule has 0 saturated heterocycles. The first-order chi connectivity index (χ1) is 8.47. The maximum Gasteiger partial charge on any atom is 0.168 e. The molecule has 0 unspecified atom stereocenters. The van der Waals surface area contributed by atoms with Gasteiger partial charge in [-0.15, -0.1) is 0 Å². The zero-order valence-corrected chi connectivity index (χ0v) is 11.4. The van der Waals surface area contributed by atoms with Crippen LogP contribution in [0.1, 0.15) is 47.2 Å². The van der Waals surface area contributed by atoms with Gasteiger partial charge < -0.3 is 10.5 Å². The van der Waals surface area contributed by atoms with E-state index in [1.165, 1.54) is 0 Å². The molecule has 2 N–H and O–H groups in total. The lowest BCUT2D eigenvalue weighted by Crippen LogP contribution is -2.48. The highest BCUT2D eigenvalue weighted by atomic mass is 16.5. The lowest BCUT2D eigenvalue weighted by molar-refractivity contribution is 0.0909. The Balaban J connectivity index is 2.27. The third kappa shape index (κ3) is 2.27. The molecule has 0 heterocycles. The van der Waals surface area contributed by atoms with Gasteiger partial charge in [-0.05, 0) is 50.3 Å². The van der Waals surface area contributed by atoms with Crippen LogP contribution in [0, 0.1) is 13.8 Å². The van der Waals surface area contributed by atoms with Crippen LogP contribution in [0.5, 0.6) is 5.75 Å². The van der Waals surface area contributed by atoms with Crippen LogP contribution >= 0.6 is 0 Å². The molecule has 0 aliphatic heterocycles. The van der Waals surface area contributed by atoms with Crippen molar-refractivity contribution >= 4 is 5.78 Å². The zero-order chi connectivity index (χ0) is 13.3. The number of ether oxygens (including phenoxy) is 1. The number of methoxy groups -OCH3 is 1. The van der Waals surface area contributed by atoms with Crippen molar-refractivity contribution in [2.75, 3.05) is 7.11 Å². The summed E-state index contributed by atoms with van der Waals surface area (Å²) in [6.07, 6.45) is 3.46. The second-order valence-electron chi connectivity index (χ2n) is 5.40. The number of carbonyl (C=O) groups excluding carboxylic acids is 1. The van der Waals surface area contributed by atoms with Crippen molar-refractivity contribution in [3.05, 3.63) is 28.8 Å². The normalized spacial score (nSPS) is 17.1. The Bertz CT molecular complexity index is 476. The average molecular weight is 247 g/mol. The van der Waals surface area contributed by atoms with E-state index in [1.54, 1.807) is 7.11 Å². The number of carbonyl (C=O) groups is 1. The van der Waals surface area contributed by atoms with Crippen molar-refractivity contribution in [3.63, 3.8) is 0 Å². The van der Waals surface area contributed by atoms with E-state index in [0.29, 0.717) is 17.7 Å². The molecule has 0 bridgehead atoms. The lowest BCUT2D eigenvalue weighted by atomic mass is 9.73. The summed E-state index contributed by atoms with van der Waals surface area (Å²) in [5.41, 5.74) is 8.69. The van der Waals surface area contributed by atoms with Crippen molar-refractivity contribution in [1.82, 2.24) is 0 Å². The van der Waals surface area contributed by atoms with E-state index in [2.05, 4.69) is 0 Å². The van der Waals surface area contributed by atoms with Gasteiger partial charge in [0, 0.05) is 12.0 Å². The van der Waals surface area contributed by atoms with E-state index < -0.39 is 0 Å². The molecule has 0 spiro atoms. The van der Waals surface area contributed by atoms with Gasteiger partial charge in [-0.1, -0.05) is 6.07 Å². The van der Waals surface area contributed by atoms with Crippen molar-refractivity contribution in [2.24, 2.45) is 5.73 Å². The number of rotatable bonds is 4. The van der Waals surface area contributed by atoms with E-state index in [1.807, 2.05) is 26.0 Å². The molecule has 2 rings (SSSR count). The summed E-state index contributed by atoms with van der Waals surface area (Å²) in [6.45, 7) is 4.00. The molecule has 0 atom stereocenters. The second kappa shape index (κ2) is 4.73. The highest BCUT2D eigenvalue weighted by molar-refractivity contribution is 6.00. The monoisotopic (exact) mass is 247 g/mol. The van der Waals surface area contributed by atoms with E-state index in [9.17, 15) is 4.79 Å². The van der Waals surface area contributed by atoms with Crippen LogP contribution in [-0.4, -0.2) is 18.4 Å². The van der Waals surface area contributed by atoms with Gasteiger partial charge in [0.2, 0.25) is 0 Å². The number of hydrogen-bond donors (Lipinski definition) is 1. The summed E-state index contributed by atoms with van der Waals surface area (Å²) < 4.78 is 5.38. The fourth-order valence-corrected chi connectivity index (χ4v) is 2.50. The van der Waals surface area contributed by atoms with Crippen molar-refractivity contribution in [2.45, 2.75) is 45.1 Å². The van der Waals surface area contributed by atoms with Crippen LogP contribution in [0.25, 0.3) is 0 Å². The first-order valence-corrected chi connectivity index (χ1v) is 6.43. The van der Waals surface area contributed by atoms with Crippen LogP contribution in [0.2, 0.25) is 0 Å². The highest BCUT2D eigenvalue weighted by Gasteiger charge is 2.35. The van der Waals surface area contributed by atoms with Crippen molar-refractivity contribution in [1.29, 1.82) is 0 Å². The van der Waals surface area contributed by atoms with Crippen molar-refractivity contribution < 1.29 is 9.53 Å². The molecule has 0 amide bonds. The third-order valence-electron chi connectivity index (χ3n) is 4.04. The summed E-state index contributed by atoms with van der Waals surface area (Å²) >= 11 is 0. The number of Topliss-reactive ketones (excluding diaryl/α,β-unsaturated/α-hetero) is 1. The van der Waals surface area contributed by atoms with E-state index in [0.717, 1.165) is 30.4 Å². The van der Waals surface area contributed by atoms with Gasteiger partial charge in [0.15, 0.2) is 5.78 Å². The van der Waals surface area contributed by atoms with Gasteiger partial charge in [0.25, 0.3) is 0 Å². The lowest BCUT2D eigenvalue weighted by Gasteiger charge is -2.37. The maximum absolute atomic E-state index is 12.3. The van der Waals surface area contributed by atoms with Gasteiger partial charge in [0.05, 0.1) is 12.7 Å². The quantitative estimate of drug-likeness (QED) is 0.832. The zero-order valence-electron chi connectivity index (χ0n) is 11.4. The Hall–Kier alpha value is -1.35. The van der Waals surface area contributed by atoms with E-state index in [4.69, 9.17) is 10.5 Å². The second-order valence-corrected chi connectivity index (χ2v) is 5.40. The van der Waals surface area contributed by atoms with Gasteiger partial charge >= 0.3 is 0 Å². The fraction of sp³-hybridized carbons (Fsp3) is 0.533. The molecule has 1 aromatic carbocycles. The fourth-order valence-electron chi connectivity index (χ4n) is 2.50. The summed E-state index contributed by atoms with van der Waals surface area (Å²) in [5, 5.41) is 0. The molecular formula is C15H21NO2. The largest absolute Gasteiger partial charge is 0.496 e. The van der Waals surface area contributed by atoms with Gasteiger partial charge in [-0.2, -0.15) is 0 Å². The Kier molecular flexibility index (Phi) is 3.44. The molecule has 98 valence electrons. The standard InChI is InChI=1S/C15H21NO2/c1-10-5-6-12(14(18-3)11(10)2)13(17)9-15(16)7-4-8-15/h5-6H,4,7-9,16H2,1-3H3. The van der Waals surface area contributed by atoms with E-state index >= 15 is 0 Å². The van der Waals surface area contributed by atoms with Crippen LogP contribution in [-0.2, 0) is 0 Å². The van der Waals surface area contributed by atoms with Crippen LogP contribution in [0.4, 0.5) is 0 Å². The molecule has 0 aromatic heterocycles. The molecular weight excluding hydrogens is 226 g/mol. The molecule has 3 heteroatoms. The molecule has 18 heavy (non-hydrogen) atoms. The van der Waals surface area contributed by atoms with Crippen molar-refractivity contribution in [3.8, 4) is 5.75 Å². The number of nitrogens with two attached hydrogens (primary N) is 1. The number of benzene rings is 1. The molecule has 0 radical (unpaired) electrons. The topological polar surface area (TPSA) is 52.3 Å². The molecule has 1 aliphatic rings. The minimum atomic E-state index is -0.277. The van der Waals surface area contributed by atoms with E-state index in [-0.39, 0.29) is 11.3 Å². The SMILES string of the molecule is COc1c(C(=O)CC2(N)CCC2)ccc(C)c1C. The highest BCUT2D eigenvalue weighted by Crippen LogP contribution is 2.35. The molecule has 3 nitrogen and oxygen atoms in total. The Morgan fingerprint density at radius 1 is 1.39 bits per heavy atom.